The van der Waals surface area contributed by atoms with Crippen LogP contribution in [-0.2, 0) is 49.1 Å². The minimum atomic E-state index is -1.45. The molecule has 0 aliphatic heterocycles. The van der Waals surface area contributed by atoms with E-state index in [9.17, 15) is 0 Å². The molecule has 9 heteroatoms. The smallest absolute Gasteiger partial charge is 0.172 e. The van der Waals surface area contributed by atoms with Crippen LogP contribution in [0, 0.1) is 6.07 Å². The molecular weight excluding hydrogens is 867 g/mol. The molecule has 0 saturated heterocycles. The van der Waals surface area contributed by atoms with E-state index in [4.69, 9.17) is 69.6 Å². The molecule has 50 heavy (non-hydrogen) atoms. The van der Waals surface area contributed by atoms with Crippen molar-refractivity contribution in [2.75, 3.05) is 0 Å². The summed E-state index contributed by atoms with van der Waals surface area (Å²) in [6, 6.07) is 40.0. The Bertz CT molecular complexity index is 1710. The fourth-order valence-electron chi connectivity index (χ4n) is 5.17. The summed E-state index contributed by atoms with van der Waals surface area (Å²) in [5.74, 6) is 0. The molecule has 1 aliphatic rings. The monoisotopic (exact) mass is 900 g/mol. The number of rotatable bonds is 2. The second kappa shape index (κ2) is 18.6. The molecule has 0 spiro atoms. The first-order chi connectivity index (χ1) is 22.2. The van der Waals surface area contributed by atoms with Crippen LogP contribution >= 0.6 is 69.6 Å². The minimum absolute atomic E-state index is 0. The van der Waals surface area contributed by atoms with Crippen molar-refractivity contribution in [3.05, 3.63) is 160 Å². The van der Waals surface area contributed by atoms with Gasteiger partial charge in [0.2, 0.25) is 0 Å². The largest absolute Gasteiger partial charge is 1.00 e. The van der Waals surface area contributed by atoms with Crippen molar-refractivity contribution >= 4 is 72.8 Å². The molecule has 0 fully saturated rings. The Morgan fingerprint density at radius 2 is 1.08 bits per heavy atom. The number of hydrogen-bond acceptors (Lipinski definition) is 0. The van der Waals surface area contributed by atoms with E-state index >= 15 is 0 Å². The summed E-state index contributed by atoms with van der Waals surface area (Å²) in [4.78, 5) is 0. The van der Waals surface area contributed by atoms with Gasteiger partial charge in [-0.1, -0.05) is 76.3 Å². The molecule has 0 unspecified atom stereocenters. The van der Waals surface area contributed by atoms with Crippen molar-refractivity contribution in [3.63, 3.8) is 0 Å². The molecule has 0 bridgehead atoms. The summed E-state index contributed by atoms with van der Waals surface area (Å²) in [5, 5.41) is 0. The zero-order valence-corrected chi connectivity index (χ0v) is 37.1. The molecule has 0 N–H and O–H groups in total. The molecule has 0 saturated carbocycles. The Hall–Kier alpha value is -0.697. The maximum atomic E-state index is 5.94. The van der Waals surface area contributed by atoms with Crippen LogP contribution in [0.3, 0.4) is 0 Å². The molecule has 6 rings (SSSR count). The second-order valence-corrected chi connectivity index (χ2v) is 19.6. The van der Waals surface area contributed by atoms with E-state index in [2.05, 4.69) is 77.9 Å². The Labute approximate surface area is 355 Å². The Kier molecular flexibility index (Phi) is 16.9. The molecule has 5 aromatic rings. The summed E-state index contributed by atoms with van der Waals surface area (Å²) in [6.07, 6.45) is 1.03. The molecule has 1 aliphatic carbocycles. The van der Waals surface area contributed by atoms with Gasteiger partial charge in [0, 0.05) is 0 Å². The normalized spacial score (nSPS) is 12.1. The first-order valence-corrected chi connectivity index (χ1v) is 19.0. The number of alkyl halides is 6. The van der Waals surface area contributed by atoms with Gasteiger partial charge in [0.15, 0.2) is 0 Å². The van der Waals surface area contributed by atoms with E-state index in [-0.39, 0.29) is 35.6 Å². The molecular formula is C41H38Cl8Zr-2. The molecule has 0 radical (unpaired) electrons. The van der Waals surface area contributed by atoms with Crippen molar-refractivity contribution in [1.29, 1.82) is 0 Å². The third-order valence-electron chi connectivity index (χ3n) is 8.04. The maximum Gasteiger partial charge on any atom is -0.172 e. The molecule has 0 aromatic heterocycles. The number of halogens is 8. The first-order valence-electron chi connectivity index (χ1n) is 15.5. The number of hydrogen-bond donors (Lipinski definition) is 0. The topological polar surface area (TPSA) is 0 Å². The molecule has 0 heterocycles. The average Bonchev–Trinajstić information content (AvgIpc) is 3.71. The van der Waals surface area contributed by atoms with Crippen LogP contribution in [0.15, 0.2) is 109 Å². The third kappa shape index (κ3) is 12.4. The van der Waals surface area contributed by atoms with Crippen LogP contribution in [0.2, 0.25) is 0 Å². The SMILES string of the molecule is CC(C)(C)c1c[c-]c2c(c1)-c1cc(C(C)(C)C)ccc1C2.ClC(Cl)(Cl)c1cccc([C](=[Zr+2])c2cccc(C(Cl)(Cl)Cl)c2)c1.[Cl-].[Cl-].c1cc[cH-]c1. The van der Waals surface area contributed by atoms with Gasteiger partial charge in [-0.15, -0.1) is 5.56 Å². The van der Waals surface area contributed by atoms with E-state index in [0.29, 0.717) is 11.1 Å². The molecule has 5 aromatic carbocycles. The first kappa shape index (κ1) is 45.5. The zero-order valence-electron chi connectivity index (χ0n) is 28.6. The molecule has 0 nitrogen and oxygen atoms in total. The van der Waals surface area contributed by atoms with E-state index < -0.39 is 7.59 Å². The Balaban J connectivity index is 0.000000293. The van der Waals surface area contributed by atoms with Crippen molar-refractivity contribution < 1.29 is 49.0 Å². The molecule has 0 atom stereocenters. The van der Waals surface area contributed by atoms with Gasteiger partial charge in [-0.05, 0) is 17.4 Å². The van der Waals surface area contributed by atoms with Gasteiger partial charge in [0.05, 0.1) is 0 Å². The number of fused-ring (bicyclic) bond motifs is 3. The van der Waals surface area contributed by atoms with Crippen LogP contribution in [0.5, 0.6) is 0 Å². The van der Waals surface area contributed by atoms with Gasteiger partial charge in [-0.25, -0.2) is 12.1 Å². The van der Waals surface area contributed by atoms with Crippen molar-refractivity contribution in [3.8, 4) is 11.1 Å². The van der Waals surface area contributed by atoms with Crippen molar-refractivity contribution in [2.24, 2.45) is 0 Å². The quantitative estimate of drug-likeness (QED) is 0.125. The van der Waals surface area contributed by atoms with Gasteiger partial charge in [-0.2, -0.15) is 47.5 Å². The van der Waals surface area contributed by atoms with Crippen LogP contribution in [0.1, 0.15) is 86.1 Å². The standard InChI is InChI=1S/C21H25.C15H8Cl6.C5H5.2ClH.Zr/c1-20(2,3)16-9-7-14-11-15-8-10-17(21(4,5)6)13-19(15)18(14)12-16;16-14(17,18)12-5-1-3-10(8-12)7-11-4-2-6-13(9-11)15(19,20)21;1-2-4-5-3-1;;;/h7,9-10,12-13H,11H2,1-6H3;1-6,8-9H;1-5H;2*1H;/q-1;;-1;;;+2/p-2. The second-order valence-electron chi connectivity index (χ2n) is 13.8. The van der Waals surface area contributed by atoms with Crippen LogP contribution < -0.4 is 24.8 Å². The fourth-order valence-corrected chi connectivity index (χ4v) is 6.64. The van der Waals surface area contributed by atoms with Crippen molar-refractivity contribution in [2.45, 2.75) is 66.4 Å². The Morgan fingerprint density at radius 3 is 1.50 bits per heavy atom. The fraction of sp³-hybridized carbons (Fsp3) is 0.268. The van der Waals surface area contributed by atoms with Crippen LogP contribution in [-0.4, -0.2) is 3.21 Å². The van der Waals surface area contributed by atoms with E-state index in [0.717, 1.165) is 20.8 Å². The van der Waals surface area contributed by atoms with Gasteiger partial charge in [0.25, 0.3) is 0 Å². The number of benzene rings is 4. The van der Waals surface area contributed by atoms with Crippen LogP contribution in [0.25, 0.3) is 11.1 Å². The minimum Gasteiger partial charge on any atom is -1.00 e. The summed E-state index contributed by atoms with van der Waals surface area (Å²) < 4.78 is -1.82. The third-order valence-corrected chi connectivity index (χ3v) is 10.8. The summed E-state index contributed by atoms with van der Waals surface area (Å²) in [7, 11) is 0. The van der Waals surface area contributed by atoms with E-state index in [1.165, 1.54) is 57.6 Å². The average molecular weight is 906 g/mol. The van der Waals surface area contributed by atoms with E-state index in [1.54, 1.807) is 12.1 Å². The van der Waals surface area contributed by atoms with Gasteiger partial charge in [0.1, 0.15) is 0 Å². The maximum absolute atomic E-state index is 5.94. The zero-order chi connectivity index (χ0) is 35.5. The van der Waals surface area contributed by atoms with Gasteiger partial charge in [-0.3, -0.25) is 0 Å². The molecule has 264 valence electrons. The predicted molar refractivity (Wildman–Crippen MR) is 208 cm³/mol. The van der Waals surface area contributed by atoms with Gasteiger partial charge < -0.3 is 24.8 Å². The van der Waals surface area contributed by atoms with E-state index in [1.807, 2.05) is 66.7 Å². The van der Waals surface area contributed by atoms with Crippen LogP contribution in [0.4, 0.5) is 0 Å². The summed E-state index contributed by atoms with van der Waals surface area (Å²) >= 11 is 36.9. The summed E-state index contributed by atoms with van der Waals surface area (Å²) in [6.45, 7) is 13.6. The Morgan fingerprint density at radius 1 is 0.600 bits per heavy atom. The summed E-state index contributed by atoms with van der Waals surface area (Å²) in [5.41, 5.74) is 11.9. The molecule has 0 amide bonds. The van der Waals surface area contributed by atoms with Gasteiger partial charge >= 0.3 is 175 Å². The predicted octanol–water partition coefficient (Wildman–Crippen LogP) is 7.52. The van der Waals surface area contributed by atoms with Crippen molar-refractivity contribution in [1.82, 2.24) is 0 Å².